The molecular weight excluding hydrogens is 254 g/mol. The molecule has 0 spiro atoms. The average Bonchev–Trinajstić information content (AvgIpc) is 2.58. The molecule has 0 radical (unpaired) electrons. The molecule has 21 heavy (non-hydrogen) atoms. The van der Waals surface area contributed by atoms with E-state index in [-0.39, 0.29) is 0 Å². The fraction of sp³-hybridized carbons (Fsp3) is 0.100. The molecule has 1 aliphatic carbocycles. The van der Waals surface area contributed by atoms with Crippen molar-refractivity contribution in [3.05, 3.63) is 90.7 Å². The van der Waals surface area contributed by atoms with Gasteiger partial charge in [-0.05, 0) is 48.7 Å². The van der Waals surface area contributed by atoms with Crippen LogP contribution in [0.1, 0.15) is 18.4 Å². The molecule has 0 saturated heterocycles. The Morgan fingerprint density at radius 2 is 1.57 bits per heavy atom. The minimum atomic E-state index is 1.10. The van der Waals surface area contributed by atoms with Gasteiger partial charge in [-0.1, -0.05) is 55.1 Å². The first-order valence-electron chi connectivity index (χ1n) is 7.33. The highest BCUT2D eigenvalue weighted by atomic mass is 15.1. The Balaban J connectivity index is 2.04. The largest absolute Gasteiger partial charge is 0.311 e. The van der Waals surface area contributed by atoms with Gasteiger partial charge in [0.25, 0.3) is 0 Å². The Kier molecular flexibility index (Phi) is 4.02. The predicted molar refractivity (Wildman–Crippen MR) is 91.6 cm³/mol. The van der Waals surface area contributed by atoms with Gasteiger partial charge in [-0.15, -0.1) is 0 Å². The second-order valence-electron chi connectivity index (χ2n) is 5.08. The van der Waals surface area contributed by atoms with Crippen molar-refractivity contribution in [1.29, 1.82) is 0 Å². The number of hydrogen-bond acceptors (Lipinski definition) is 1. The lowest BCUT2D eigenvalue weighted by atomic mass is 10.1. The van der Waals surface area contributed by atoms with E-state index in [9.17, 15) is 0 Å². The van der Waals surface area contributed by atoms with Crippen molar-refractivity contribution in [3.8, 4) is 0 Å². The van der Waals surface area contributed by atoms with Crippen molar-refractivity contribution in [2.75, 3.05) is 4.90 Å². The summed E-state index contributed by atoms with van der Waals surface area (Å²) in [5.74, 6) is 0. The quantitative estimate of drug-likeness (QED) is 0.690. The average molecular weight is 273 g/mol. The number of nitrogens with zero attached hydrogens (tertiary/aromatic N) is 1. The van der Waals surface area contributed by atoms with Crippen molar-refractivity contribution in [1.82, 2.24) is 0 Å². The van der Waals surface area contributed by atoms with Crippen molar-refractivity contribution >= 4 is 17.5 Å². The van der Waals surface area contributed by atoms with Crippen LogP contribution in [0.25, 0.3) is 6.08 Å². The van der Waals surface area contributed by atoms with E-state index in [0.717, 1.165) is 18.4 Å². The standard InChI is InChI=1S/C20H19N/c1-2-17-13-15-20(16-14-17)21(18-9-5-3-6-10-18)19-11-7-4-8-12-19/h2-3,5-7,9-16H,1,4,8H2. The summed E-state index contributed by atoms with van der Waals surface area (Å²) in [7, 11) is 0. The molecule has 1 heteroatoms. The molecule has 1 aliphatic rings. The maximum Gasteiger partial charge on any atom is 0.0461 e. The highest BCUT2D eigenvalue weighted by Gasteiger charge is 2.13. The van der Waals surface area contributed by atoms with E-state index in [0.29, 0.717) is 0 Å². The smallest absolute Gasteiger partial charge is 0.0461 e. The first kappa shape index (κ1) is 13.4. The van der Waals surface area contributed by atoms with Gasteiger partial charge in [-0.3, -0.25) is 0 Å². The van der Waals surface area contributed by atoms with Gasteiger partial charge in [-0.2, -0.15) is 0 Å². The highest BCUT2D eigenvalue weighted by molar-refractivity contribution is 5.71. The molecule has 0 atom stereocenters. The SMILES string of the molecule is C=Cc1ccc(N(C2=CCCC=C2)c2ccccc2)cc1. The fourth-order valence-corrected chi connectivity index (χ4v) is 2.55. The Bertz CT molecular complexity index is 663. The van der Waals surface area contributed by atoms with Gasteiger partial charge >= 0.3 is 0 Å². The topological polar surface area (TPSA) is 3.24 Å². The number of hydrogen-bond donors (Lipinski definition) is 0. The molecule has 0 bridgehead atoms. The van der Waals surface area contributed by atoms with Gasteiger partial charge in [0.05, 0.1) is 0 Å². The zero-order valence-corrected chi connectivity index (χ0v) is 12.1. The summed E-state index contributed by atoms with van der Waals surface area (Å²) in [5.41, 5.74) is 4.73. The third-order valence-electron chi connectivity index (χ3n) is 3.64. The van der Waals surface area contributed by atoms with Crippen LogP contribution in [0.2, 0.25) is 0 Å². The van der Waals surface area contributed by atoms with Crippen LogP contribution >= 0.6 is 0 Å². The summed E-state index contributed by atoms with van der Waals surface area (Å²) in [4.78, 5) is 2.29. The summed E-state index contributed by atoms with van der Waals surface area (Å²) < 4.78 is 0. The zero-order chi connectivity index (χ0) is 14.5. The molecule has 2 aromatic rings. The summed E-state index contributed by atoms with van der Waals surface area (Å²) in [6.07, 6.45) is 10.8. The molecule has 3 rings (SSSR count). The first-order chi connectivity index (χ1) is 10.4. The monoisotopic (exact) mass is 273 g/mol. The van der Waals surface area contributed by atoms with Crippen molar-refractivity contribution in [2.45, 2.75) is 12.8 Å². The minimum Gasteiger partial charge on any atom is -0.311 e. The Hall–Kier alpha value is -2.54. The van der Waals surface area contributed by atoms with Gasteiger partial charge in [0.1, 0.15) is 0 Å². The summed E-state index contributed by atoms with van der Waals surface area (Å²) in [5, 5.41) is 0. The Morgan fingerprint density at radius 3 is 2.19 bits per heavy atom. The summed E-state index contributed by atoms with van der Waals surface area (Å²) in [6, 6.07) is 19.0. The summed E-state index contributed by atoms with van der Waals surface area (Å²) >= 11 is 0. The fourth-order valence-electron chi connectivity index (χ4n) is 2.55. The molecule has 0 amide bonds. The molecule has 104 valence electrons. The second-order valence-corrected chi connectivity index (χ2v) is 5.08. The van der Waals surface area contributed by atoms with Crippen molar-refractivity contribution < 1.29 is 0 Å². The number of allylic oxidation sites excluding steroid dienone is 3. The minimum absolute atomic E-state index is 1.10. The molecule has 0 saturated carbocycles. The van der Waals surface area contributed by atoms with E-state index in [2.05, 4.69) is 78.2 Å². The van der Waals surface area contributed by atoms with Gasteiger partial charge < -0.3 is 4.90 Å². The number of para-hydroxylation sites is 1. The molecule has 0 heterocycles. The maximum absolute atomic E-state index is 3.82. The lowest BCUT2D eigenvalue weighted by molar-refractivity contribution is 0.997. The van der Waals surface area contributed by atoms with Crippen molar-refractivity contribution in [2.24, 2.45) is 0 Å². The van der Waals surface area contributed by atoms with Gasteiger partial charge in [0.2, 0.25) is 0 Å². The first-order valence-corrected chi connectivity index (χ1v) is 7.33. The van der Waals surface area contributed by atoms with Crippen LogP contribution in [-0.2, 0) is 0 Å². The van der Waals surface area contributed by atoms with E-state index in [1.807, 2.05) is 12.1 Å². The molecule has 0 fully saturated rings. The third-order valence-corrected chi connectivity index (χ3v) is 3.64. The Morgan fingerprint density at radius 1 is 0.857 bits per heavy atom. The maximum atomic E-state index is 3.82. The predicted octanol–water partition coefficient (Wildman–Crippen LogP) is 5.70. The lowest BCUT2D eigenvalue weighted by Gasteiger charge is -2.27. The van der Waals surface area contributed by atoms with Crippen LogP contribution < -0.4 is 4.90 Å². The Labute approximate surface area is 126 Å². The van der Waals surface area contributed by atoms with Gasteiger partial charge in [0, 0.05) is 17.1 Å². The van der Waals surface area contributed by atoms with Crippen LogP contribution in [0.15, 0.2) is 85.1 Å². The number of benzene rings is 2. The normalized spacial score (nSPS) is 13.6. The molecule has 0 aliphatic heterocycles. The highest BCUT2D eigenvalue weighted by Crippen LogP contribution is 2.32. The van der Waals surface area contributed by atoms with E-state index >= 15 is 0 Å². The van der Waals surface area contributed by atoms with Gasteiger partial charge in [-0.25, -0.2) is 0 Å². The molecule has 2 aromatic carbocycles. The lowest BCUT2D eigenvalue weighted by Crippen LogP contribution is -2.16. The summed E-state index contributed by atoms with van der Waals surface area (Å²) in [6.45, 7) is 3.82. The second kappa shape index (κ2) is 6.27. The van der Waals surface area contributed by atoms with E-state index in [4.69, 9.17) is 0 Å². The van der Waals surface area contributed by atoms with Gasteiger partial charge in [0.15, 0.2) is 0 Å². The number of anilines is 2. The van der Waals surface area contributed by atoms with Crippen LogP contribution in [0.5, 0.6) is 0 Å². The van der Waals surface area contributed by atoms with Crippen molar-refractivity contribution in [3.63, 3.8) is 0 Å². The van der Waals surface area contributed by atoms with Crippen LogP contribution in [0.4, 0.5) is 11.4 Å². The van der Waals surface area contributed by atoms with Crippen LogP contribution in [0, 0.1) is 0 Å². The van der Waals surface area contributed by atoms with Crippen LogP contribution in [-0.4, -0.2) is 0 Å². The van der Waals surface area contributed by atoms with Crippen LogP contribution in [0.3, 0.4) is 0 Å². The molecule has 0 unspecified atom stereocenters. The third kappa shape index (κ3) is 2.97. The van der Waals surface area contributed by atoms with E-state index in [1.165, 1.54) is 17.1 Å². The molecular formula is C20H19N. The van der Waals surface area contributed by atoms with E-state index < -0.39 is 0 Å². The number of rotatable bonds is 4. The molecule has 0 N–H and O–H groups in total. The zero-order valence-electron chi connectivity index (χ0n) is 12.1. The molecule has 0 aromatic heterocycles. The molecule has 1 nitrogen and oxygen atoms in total. The van der Waals surface area contributed by atoms with E-state index in [1.54, 1.807) is 0 Å².